The van der Waals surface area contributed by atoms with Crippen LogP contribution in [-0.2, 0) is 16.1 Å². The molecule has 0 aliphatic carbocycles. The van der Waals surface area contributed by atoms with Gasteiger partial charge in [0.1, 0.15) is 11.8 Å². The fraction of sp³-hybridized carbons (Fsp3) is 0.391. The van der Waals surface area contributed by atoms with Crippen molar-refractivity contribution < 1.29 is 14.1 Å². The van der Waals surface area contributed by atoms with Gasteiger partial charge in [-0.25, -0.2) is 4.98 Å². The van der Waals surface area contributed by atoms with Gasteiger partial charge in [0.15, 0.2) is 0 Å². The molecule has 1 aromatic carbocycles. The first-order valence-electron chi connectivity index (χ1n) is 10.4. The molecule has 4 rings (SSSR count). The van der Waals surface area contributed by atoms with Gasteiger partial charge in [0.2, 0.25) is 11.8 Å². The molecule has 2 amide bonds. The number of carbonyl (C=O) groups is 2. The third-order valence-electron chi connectivity index (χ3n) is 5.71. The minimum Gasteiger partial charge on any atom is -0.360 e. The highest BCUT2D eigenvalue weighted by Gasteiger charge is 2.37. The summed E-state index contributed by atoms with van der Waals surface area (Å²) in [5, 5.41) is 6.86. The monoisotopic (exact) mass is 438 g/mol. The van der Waals surface area contributed by atoms with Gasteiger partial charge in [-0.1, -0.05) is 29.4 Å². The molecule has 1 N–H and O–H groups in total. The van der Waals surface area contributed by atoms with E-state index >= 15 is 0 Å². The van der Waals surface area contributed by atoms with Crippen molar-refractivity contribution in [3.63, 3.8) is 0 Å². The Labute approximate surface area is 185 Å². The number of amides is 2. The maximum Gasteiger partial charge on any atom is 0.243 e. The van der Waals surface area contributed by atoms with Crippen molar-refractivity contribution in [1.82, 2.24) is 20.4 Å². The van der Waals surface area contributed by atoms with Gasteiger partial charge in [0.05, 0.1) is 27.7 Å². The molecule has 1 aliphatic heterocycles. The maximum absolute atomic E-state index is 13.0. The lowest BCUT2D eigenvalue weighted by Gasteiger charge is -2.26. The molecular formula is C23H26N4O3S. The topological polar surface area (TPSA) is 88.3 Å². The lowest BCUT2D eigenvalue weighted by atomic mass is 10.1. The maximum atomic E-state index is 13.0. The first-order valence-corrected chi connectivity index (χ1v) is 11.3. The first-order chi connectivity index (χ1) is 14.9. The second kappa shape index (κ2) is 9.01. The number of carbonyl (C=O) groups excluding carboxylic acids is 2. The van der Waals surface area contributed by atoms with E-state index in [9.17, 15) is 9.59 Å². The minimum atomic E-state index is -0.461. The molecular weight excluding hydrogens is 412 g/mol. The third kappa shape index (κ3) is 4.54. The zero-order chi connectivity index (χ0) is 22.0. The number of hydrogen-bond donors (Lipinski definition) is 1. The van der Waals surface area contributed by atoms with E-state index in [1.165, 1.54) is 0 Å². The molecule has 0 bridgehead atoms. The summed E-state index contributed by atoms with van der Waals surface area (Å²) < 4.78 is 5.25. The highest BCUT2D eigenvalue weighted by molar-refractivity contribution is 7.13. The number of benzene rings is 1. The number of nitrogens with one attached hydrogen (secondary N) is 1. The van der Waals surface area contributed by atoms with Crippen LogP contribution in [0.3, 0.4) is 0 Å². The van der Waals surface area contributed by atoms with Gasteiger partial charge in [0, 0.05) is 19.2 Å². The predicted molar refractivity (Wildman–Crippen MR) is 119 cm³/mol. The number of aromatic nitrogens is 2. The Bertz CT molecular complexity index is 1070. The van der Waals surface area contributed by atoms with Gasteiger partial charge in [-0.05, 0) is 44.7 Å². The smallest absolute Gasteiger partial charge is 0.243 e. The lowest BCUT2D eigenvalue weighted by Crippen LogP contribution is -2.46. The van der Waals surface area contributed by atoms with Gasteiger partial charge in [-0.2, -0.15) is 0 Å². The van der Waals surface area contributed by atoms with Crippen LogP contribution in [0.4, 0.5) is 0 Å². The molecule has 1 fully saturated rings. The Kier molecular flexibility index (Phi) is 6.18. The summed E-state index contributed by atoms with van der Waals surface area (Å²) in [7, 11) is 0. The number of rotatable bonds is 6. The Hall–Kier alpha value is -3.00. The molecule has 2 aromatic heterocycles. The summed E-state index contributed by atoms with van der Waals surface area (Å²) in [6.07, 6.45) is 1.48. The number of hydrogen-bond acceptors (Lipinski definition) is 6. The van der Waals surface area contributed by atoms with E-state index in [1.54, 1.807) is 29.2 Å². The van der Waals surface area contributed by atoms with Crippen molar-refractivity contribution in [2.45, 2.75) is 52.1 Å². The molecule has 0 unspecified atom stereocenters. The van der Waals surface area contributed by atoms with Gasteiger partial charge in [-0.15, -0.1) is 11.3 Å². The highest BCUT2D eigenvalue weighted by atomic mass is 32.1. The van der Waals surface area contributed by atoms with E-state index in [-0.39, 0.29) is 11.8 Å². The second-order valence-electron chi connectivity index (χ2n) is 7.96. The van der Waals surface area contributed by atoms with E-state index in [1.807, 2.05) is 31.5 Å². The quantitative estimate of drug-likeness (QED) is 0.632. The van der Waals surface area contributed by atoms with Gasteiger partial charge >= 0.3 is 0 Å². The van der Waals surface area contributed by atoms with Crippen molar-refractivity contribution in [2.24, 2.45) is 0 Å². The van der Waals surface area contributed by atoms with Gasteiger partial charge in [-0.3, -0.25) is 9.59 Å². The largest absolute Gasteiger partial charge is 0.360 e. The Balaban J connectivity index is 1.36. The van der Waals surface area contributed by atoms with Crippen molar-refractivity contribution in [3.8, 4) is 10.4 Å². The van der Waals surface area contributed by atoms with Crippen molar-refractivity contribution >= 4 is 23.2 Å². The van der Waals surface area contributed by atoms with Crippen LogP contribution in [-0.4, -0.2) is 39.4 Å². The fourth-order valence-corrected chi connectivity index (χ4v) is 4.73. The average molecular weight is 439 g/mol. The molecule has 0 saturated carbocycles. The number of nitrogens with zero attached hydrogens (tertiary/aromatic N) is 3. The molecule has 2 atom stereocenters. The molecule has 31 heavy (non-hydrogen) atoms. The fourth-order valence-electron chi connectivity index (χ4n) is 3.92. The summed E-state index contributed by atoms with van der Waals surface area (Å²) in [6.45, 7) is 6.62. The van der Waals surface area contributed by atoms with Gasteiger partial charge in [0.25, 0.3) is 0 Å². The van der Waals surface area contributed by atoms with Crippen molar-refractivity contribution in [1.29, 1.82) is 0 Å². The van der Waals surface area contributed by atoms with Crippen LogP contribution in [0.2, 0.25) is 0 Å². The van der Waals surface area contributed by atoms with Crippen LogP contribution in [0.1, 0.15) is 48.4 Å². The SMILES string of the molecule is Cc1cc([C@H](C)C(=O)N2CCC[C@H]2C(=O)NCc2ccc(-c3scnc3C)cc2)on1. The Morgan fingerprint density at radius 1 is 1.29 bits per heavy atom. The molecule has 8 heteroatoms. The number of thiazole rings is 1. The molecule has 3 aromatic rings. The Morgan fingerprint density at radius 2 is 2.06 bits per heavy atom. The average Bonchev–Trinajstić information content (AvgIpc) is 3.52. The summed E-state index contributed by atoms with van der Waals surface area (Å²) in [6, 6.07) is 9.45. The van der Waals surface area contributed by atoms with Crippen molar-refractivity contribution in [3.05, 3.63) is 58.6 Å². The van der Waals surface area contributed by atoms with E-state index in [4.69, 9.17) is 4.52 Å². The lowest BCUT2D eigenvalue weighted by molar-refractivity contribution is -0.139. The van der Waals surface area contributed by atoms with Crippen LogP contribution < -0.4 is 5.32 Å². The summed E-state index contributed by atoms with van der Waals surface area (Å²) in [5.74, 6) is -0.144. The third-order valence-corrected chi connectivity index (χ3v) is 6.69. The van der Waals surface area contributed by atoms with Crippen molar-refractivity contribution in [2.75, 3.05) is 6.54 Å². The molecule has 162 valence electrons. The summed E-state index contributed by atoms with van der Waals surface area (Å²) in [5.41, 5.74) is 5.74. The van der Waals surface area contributed by atoms with Crippen LogP contribution >= 0.6 is 11.3 Å². The highest BCUT2D eigenvalue weighted by Crippen LogP contribution is 2.28. The molecule has 0 spiro atoms. The Morgan fingerprint density at radius 3 is 2.71 bits per heavy atom. The van der Waals surface area contributed by atoms with E-state index in [2.05, 4.69) is 27.6 Å². The van der Waals surface area contributed by atoms with Crippen LogP contribution in [0, 0.1) is 13.8 Å². The summed E-state index contributed by atoms with van der Waals surface area (Å²) in [4.78, 5) is 32.9. The number of aryl methyl sites for hydroxylation is 2. The first kappa shape index (κ1) is 21.2. The van der Waals surface area contributed by atoms with E-state index in [0.29, 0.717) is 25.3 Å². The molecule has 0 radical (unpaired) electrons. The predicted octanol–water partition coefficient (Wildman–Crippen LogP) is 3.83. The van der Waals surface area contributed by atoms with Crippen LogP contribution in [0.15, 0.2) is 40.4 Å². The van der Waals surface area contributed by atoms with E-state index < -0.39 is 12.0 Å². The normalized spacial score (nSPS) is 17.0. The number of likely N-dealkylation sites (tertiary alicyclic amines) is 1. The second-order valence-corrected chi connectivity index (χ2v) is 8.82. The zero-order valence-corrected chi connectivity index (χ0v) is 18.7. The standard InChI is InChI=1S/C23H26N4O3S/c1-14-11-20(30-26-14)15(2)23(29)27-10-4-5-19(27)22(28)24-12-17-6-8-18(9-7-17)21-16(3)25-13-31-21/h6-9,11,13,15,19H,4-5,10,12H2,1-3H3,(H,24,28)/t15-,19-/m0/s1. The van der Waals surface area contributed by atoms with Crippen LogP contribution in [0.25, 0.3) is 10.4 Å². The summed E-state index contributed by atoms with van der Waals surface area (Å²) >= 11 is 1.62. The van der Waals surface area contributed by atoms with Crippen LogP contribution in [0.5, 0.6) is 0 Å². The minimum absolute atomic E-state index is 0.0990. The van der Waals surface area contributed by atoms with E-state index in [0.717, 1.165) is 33.8 Å². The molecule has 3 heterocycles. The molecule has 7 nitrogen and oxygen atoms in total. The molecule has 1 aliphatic rings. The molecule has 1 saturated heterocycles. The van der Waals surface area contributed by atoms with Gasteiger partial charge < -0.3 is 14.7 Å². The zero-order valence-electron chi connectivity index (χ0n) is 17.9.